The Bertz CT molecular complexity index is 435. The van der Waals surface area contributed by atoms with Gasteiger partial charge in [-0.25, -0.2) is 0 Å². The van der Waals surface area contributed by atoms with Crippen LogP contribution in [0.5, 0.6) is 11.5 Å². The number of benzene rings is 1. The van der Waals surface area contributed by atoms with Gasteiger partial charge in [-0.2, -0.15) is 0 Å². The number of anilines is 2. The average molecular weight is 265 g/mol. The van der Waals surface area contributed by atoms with Crippen molar-refractivity contribution in [2.24, 2.45) is 0 Å². The second kappa shape index (κ2) is 6.02. The topological polar surface area (TPSA) is 59.8 Å². The van der Waals surface area contributed by atoms with Crippen molar-refractivity contribution >= 4 is 11.4 Å². The third-order valence-corrected chi connectivity index (χ3v) is 3.38. The predicted octanol–water partition coefficient (Wildman–Crippen LogP) is 1.79. The number of fused-ring (bicyclic) bond motifs is 1. The highest BCUT2D eigenvalue weighted by atomic mass is 16.6. The summed E-state index contributed by atoms with van der Waals surface area (Å²) in [5.41, 5.74) is 7.60. The Morgan fingerprint density at radius 3 is 2.53 bits per heavy atom. The Morgan fingerprint density at radius 1 is 1.26 bits per heavy atom. The highest BCUT2D eigenvalue weighted by molar-refractivity contribution is 5.72. The fourth-order valence-corrected chi connectivity index (χ4v) is 1.88. The normalized spacial score (nSPS) is 13.9. The average Bonchev–Trinajstić information content (AvgIpc) is 2.39. The van der Waals surface area contributed by atoms with Crippen LogP contribution in [-0.2, 0) is 0 Å². The highest BCUT2D eigenvalue weighted by Gasteiger charge is 2.14. The predicted molar refractivity (Wildman–Crippen MR) is 78.1 cm³/mol. The first-order valence-electron chi connectivity index (χ1n) is 6.71. The summed E-state index contributed by atoms with van der Waals surface area (Å²) in [7, 11) is 2.11. The van der Waals surface area contributed by atoms with Crippen LogP contribution in [0, 0.1) is 0 Å². The molecule has 1 aromatic carbocycles. The molecule has 1 aliphatic heterocycles. The van der Waals surface area contributed by atoms with Crippen molar-refractivity contribution in [3.63, 3.8) is 0 Å². The maximum atomic E-state index is 6.01. The van der Waals surface area contributed by atoms with Gasteiger partial charge in [0.05, 0.1) is 11.4 Å². The number of nitrogen functional groups attached to an aromatic ring is 1. The third-order valence-electron chi connectivity index (χ3n) is 3.38. The SMILES string of the molecule is CC(C)N(C)CCNc1cc2c(cc1N)OCCO2. The van der Waals surface area contributed by atoms with Crippen LogP contribution in [0.15, 0.2) is 12.1 Å². The summed E-state index contributed by atoms with van der Waals surface area (Å²) in [5.74, 6) is 1.49. The van der Waals surface area contributed by atoms with Crippen LogP contribution in [0.25, 0.3) is 0 Å². The summed E-state index contributed by atoms with van der Waals surface area (Å²) >= 11 is 0. The van der Waals surface area contributed by atoms with E-state index in [1.54, 1.807) is 0 Å². The molecule has 1 heterocycles. The van der Waals surface area contributed by atoms with Gasteiger partial charge in [0.25, 0.3) is 0 Å². The molecule has 0 aliphatic carbocycles. The standard InChI is InChI=1S/C14H23N3O2/c1-10(2)17(3)5-4-16-12-9-14-13(8-11(12)15)18-6-7-19-14/h8-10,16H,4-7,15H2,1-3H3. The molecule has 0 bridgehead atoms. The summed E-state index contributed by atoms with van der Waals surface area (Å²) in [5, 5.41) is 3.35. The van der Waals surface area contributed by atoms with Crippen LogP contribution >= 0.6 is 0 Å². The molecule has 5 nitrogen and oxygen atoms in total. The third kappa shape index (κ3) is 3.44. The van der Waals surface area contributed by atoms with E-state index in [9.17, 15) is 0 Å². The van der Waals surface area contributed by atoms with Gasteiger partial charge in [0, 0.05) is 31.3 Å². The zero-order chi connectivity index (χ0) is 13.8. The Kier molecular flexibility index (Phi) is 4.37. The second-order valence-electron chi connectivity index (χ2n) is 5.08. The van der Waals surface area contributed by atoms with Gasteiger partial charge in [-0.15, -0.1) is 0 Å². The molecule has 0 amide bonds. The van der Waals surface area contributed by atoms with Gasteiger partial charge in [-0.3, -0.25) is 0 Å². The molecule has 0 radical (unpaired) electrons. The van der Waals surface area contributed by atoms with Gasteiger partial charge in [0.15, 0.2) is 11.5 Å². The lowest BCUT2D eigenvalue weighted by atomic mass is 10.2. The molecule has 5 heteroatoms. The summed E-state index contributed by atoms with van der Waals surface area (Å²) in [6.45, 7) is 7.34. The minimum Gasteiger partial charge on any atom is -0.486 e. The molecule has 0 unspecified atom stereocenters. The van der Waals surface area contributed by atoms with Crippen molar-refractivity contribution in [1.29, 1.82) is 0 Å². The van der Waals surface area contributed by atoms with E-state index < -0.39 is 0 Å². The number of likely N-dealkylation sites (N-methyl/N-ethyl adjacent to an activating group) is 1. The van der Waals surface area contributed by atoms with Crippen molar-refractivity contribution < 1.29 is 9.47 Å². The van der Waals surface area contributed by atoms with E-state index in [0.29, 0.717) is 24.9 Å². The molecule has 1 aromatic rings. The van der Waals surface area contributed by atoms with E-state index in [0.717, 1.165) is 30.3 Å². The van der Waals surface area contributed by atoms with E-state index >= 15 is 0 Å². The lowest BCUT2D eigenvalue weighted by Gasteiger charge is -2.23. The van der Waals surface area contributed by atoms with Gasteiger partial charge in [0.1, 0.15) is 13.2 Å². The number of rotatable bonds is 5. The minimum atomic E-state index is 0.541. The van der Waals surface area contributed by atoms with E-state index in [1.165, 1.54) is 0 Å². The lowest BCUT2D eigenvalue weighted by Crippen LogP contribution is -2.31. The van der Waals surface area contributed by atoms with Crippen LogP contribution in [0.3, 0.4) is 0 Å². The molecule has 0 spiro atoms. The van der Waals surface area contributed by atoms with Crippen LogP contribution in [0.4, 0.5) is 11.4 Å². The quantitative estimate of drug-likeness (QED) is 0.795. The molecular weight excluding hydrogens is 242 g/mol. The first kappa shape index (κ1) is 13.8. The Hall–Kier alpha value is -1.62. The molecule has 0 saturated carbocycles. The van der Waals surface area contributed by atoms with Crippen molar-refractivity contribution in [3.8, 4) is 11.5 Å². The molecular formula is C14H23N3O2. The molecule has 19 heavy (non-hydrogen) atoms. The Morgan fingerprint density at radius 2 is 1.89 bits per heavy atom. The number of nitrogens with two attached hydrogens (primary N) is 1. The van der Waals surface area contributed by atoms with Gasteiger partial charge in [-0.05, 0) is 20.9 Å². The van der Waals surface area contributed by atoms with Gasteiger partial charge >= 0.3 is 0 Å². The Balaban J connectivity index is 1.97. The molecule has 3 N–H and O–H groups in total. The lowest BCUT2D eigenvalue weighted by molar-refractivity contribution is 0.172. The number of nitrogens with one attached hydrogen (secondary N) is 1. The first-order chi connectivity index (χ1) is 9.08. The van der Waals surface area contributed by atoms with E-state index in [4.69, 9.17) is 15.2 Å². The van der Waals surface area contributed by atoms with Crippen LogP contribution in [0.1, 0.15) is 13.8 Å². The number of nitrogens with zero attached hydrogens (tertiary/aromatic N) is 1. The van der Waals surface area contributed by atoms with Gasteiger partial charge < -0.3 is 25.4 Å². The zero-order valence-electron chi connectivity index (χ0n) is 11.9. The smallest absolute Gasteiger partial charge is 0.163 e. The van der Waals surface area contributed by atoms with Crippen LogP contribution in [-0.4, -0.2) is 44.3 Å². The number of ether oxygens (including phenoxy) is 2. The number of hydrogen-bond donors (Lipinski definition) is 2. The second-order valence-corrected chi connectivity index (χ2v) is 5.08. The van der Waals surface area contributed by atoms with Crippen LogP contribution < -0.4 is 20.5 Å². The number of hydrogen-bond acceptors (Lipinski definition) is 5. The van der Waals surface area contributed by atoms with Gasteiger partial charge in [0.2, 0.25) is 0 Å². The summed E-state index contributed by atoms with van der Waals surface area (Å²) < 4.78 is 11.0. The largest absolute Gasteiger partial charge is 0.486 e. The first-order valence-corrected chi connectivity index (χ1v) is 6.71. The Labute approximate surface area is 114 Å². The minimum absolute atomic E-state index is 0.541. The molecule has 0 aromatic heterocycles. The summed E-state index contributed by atoms with van der Waals surface area (Å²) in [6, 6.07) is 4.28. The van der Waals surface area contributed by atoms with E-state index in [-0.39, 0.29) is 0 Å². The maximum Gasteiger partial charge on any atom is 0.163 e. The highest BCUT2D eigenvalue weighted by Crippen LogP contribution is 2.36. The zero-order valence-corrected chi connectivity index (χ0v) is 11.9. The van der Waals surface area contributed by atoms with Crippen LogP contribution in [0.2, 0.25) is 0 Å². The van der Waals surface area contributed by atoms with Crippen molar-refractivity contribution in [2.45, 2.75) is 19.9 Å². The molecule has 106 valence electrons. The van der Waals surface area contributed by atoms with E-state index in [1.807, 2.05) is 12.1 Å². The molecule has 2 rings (SSSR count). The molecule has 0 saturated heterocycles. The monoisotopic (exact) mass is 265 g/mol. The fourth-order valence-electron chi connectivity index (χ4n) is 1.88. The summed E-state index contributed by atoms with van der Waals surface area (Å²) in [4.78, 5) is 2.28. The van der Waals surface area contributed by atoms with Crippen molar-refractivity contribution in [2.75, 3.05) is 44.4 Å². The maximum absolute atomic E-state index is 6.01. The van der Waals surface area contributed by atoms with Crippen molar-refractivity contribution in [1.82, 2.24) is 4.90 Å². The van der Waals surface area contributed by atoms with Gasteiger partial charge in [-0.1, -0.05) is 0 Å². The fraction of sp³-hybridized carbons (Fsp3) is 0.571. The van der Waals surface area contributed by atoms with E-state index in [2.05, 4.69) is 31.1 Å². The van der Waals surface area contributed by atoms with Crippen molar-refractivity contribution in [3.05, 3.63) is 12.1 Å². The summed E-state index contributed by atoms with van der Waals surface area (Å²) in [6.07, 6.45) is 0. The molecule has 0 atom stereocenters. The molecule has 0 fully saturated rings. The molecule has 1 aliphatic rings.